The van der Waals surface area contributed by atoms with Crippen molar-refractivity contribution in [3.63, 3.8) is 0 Å². The van der Waals surface area contributed by atoms with Gasteiger partial charge in [-0.25, -0.2) is 4.98 Å². The summed E-state index contributed by atoms with van der Waals surface area (Å²) in [6, 6.07) is 3.42. The van der Waals surface area contributed by atoms with Crippen LogP contribution in [0.1, 0.15) is 10.5 Å². The number of pyridine rings is 1. The average Bonchev–Trinajstić information content (AvgIpc) is 2.37. The van der Waals surface area contributed by atoms with Crippen molar-refractivity contribution in [2.24, 2.45) is 0 Å². The molecule has 1 aromatic rings. The molecule has 6 nitrogen and oxygen atoms in total. The molecule has 0 fully saturated rings. The Morgan fingerprint density at radius 1 is 1.44 bits per heavy atom. The maximum absolute atomic E-state index is 11.7. The molecule has 0 aliphatic carbocycles. The van der Waals surface area contributed by atoms with E-state index in [0.717, 1.165) is 0 Å². The van der Waals surface area contributed by atoms with Crippen LogP contribution in [0.3, 0.4) is 0 Å². The van der Waals surface area contributed by atoms with E-state index >= 15 is 0 Å². The summed E-state index contributed by atoms with van der Waals surface area (Å²) >= 11 is 3.21. The topological polar surface area (TPSA) is 80.3 Å². The molecule has 0 atom stereocenters. The summed E-state index contributed by atoms with van der Waals surface area (Å²) in [4.78, 5) is 26.9. The maximum atomic E-state index is 11.7. The molecule has 0 saturated carbocycles. The molecule has 0 bridgehead atoms. The Hall–Kier alpha value is -1.47. The van der Waals surface area contributed by atoms with Crippen LogP contribution in [0.4, 0.5) is 0 Å². The van der Waals surface area contributed by atoms with E-state index in [0.29, 0.717) is 17.6 Å². The van der Waals surface area contributed by atoms with E-state index in [1.165, 1.54) is 6.20 Å². The van der Waals surface area contributed by atoms with E-state index in [2.05, 4.69) is 31.5 Å². The fourth-order valence-corrected chi connectivity index (χ4v) is 1.59. The minimum absolute atomic E-state index is 0.0917. The Morgan fingerprint density at radius 2 is 2.22 bits per heavy atom. The molecule has 1 rings (SSSR count). The number of nitrogens with zero attached hydrogens (tertiary/aromatic N) is 1. The van der Waals surface area contributed by atoms with Gasteiger partial charge in [-0.3, -0.25) is 9.59 Å². The Morgan fingerprint density at radius 3 is 2.89 bits per heavy atom. The summed E-state index contributed by atoms with van der Waals surface area (Å²) in [5.74, 6) is -0.670. The molecule has 0 aliphatic heterocycles. The first kappa shape index (κ1) is 14.6. The van der Waals surface area contributed by atoms with E-state index in [9.17, 15) is 9.59 Å². The van der Waals surface area contributed by atoms with Gasteiger partial charge < -0.3 is 15.4 Å². The van der Waals surface area contributed by atoms with Crippen LogP contribution in [0.5, 0.6) is 0 Å². The fraction of sp³-hybridized carbons (Fsp3) is 0.364. The zero-order chi connectivity index (χ0) is 13.4. The van der Waals surface area contributed by atoms with E-state index in [-0.39, 0.29) is 18.1 Å². The van der Waals surface area contributed by atoms with Crippen molar-refractivity contribution in [1.29, 1.82) is 0 Å². The molecule has 0 unspecified atom stereocenters. The van der Waals surface area contributed by atoms with Crippen LogP contribution >= 0.6 is 15.9 Å². The molecule has 0 aliphatic rings. The lowest BCUT2D eigenvalue weighted by atomic mass is 10.3. The van der Waals surface area contributed by atoms with Crippen LogP contribution < -0.4 is 10.6 Å². The number of rotatable bonds is 6. The number of nitrogens with one attached hydrogen (secondary N) is 2. The first-order valence-electron chi connectivity index (χ1n) is 5.29. The maximum Gasteiger partial charge on any atom is 0.271 e. The number of halogens is 1. The second-order valence-electron chi connectivity index (χ2n) is 3.36. The van der Waals surface area contributed by atoms with Gasteiger partial charge in [-0.05, 0) is 28.1 Å². The number of carbonyl (C=O) groups is 2. The smallest absolute Gasteiger partial charge is 0.271 e. The van der Waals surface area contributed by atoms with Gasteiger partial charge in [0.25, 0.3) is 5.91 Å². The lowest BCUT2D eigenvalue weighted by Crippen LogP contribution is -2.38. The third kappa shape index (κ3) is 4.80. The Labute approximate surface area is 113 Å². The molecule has 0 radical (unpaired) electrons. The Bertz CT molecular complexity index is 426. The minimum Gasteiger partial charge on any atom is -0.383 e. The van der Waals surface area contributed by atoms with Gasteiger partial charge in [0.05, 0.1) is 13.2 Å². The van der Waals surface area contributed by atoms with Crippen molar-refractivity contribution in [1.82, 2.24) is 15.6 Å². The normalized spacial score (nSPS) is 9.89. The van der Waals surface area contributed by atoms with Crippen LogP contribution in [0.2, 0.25) is 0 Å². The number of amides is 2. The van der Waals surface area contributed by atoms with E-state index < -0.39 is 5.91 Å². The summed E-state index contributed by atoms with van der Waals surface area (Å²) in [5, 5.41) is 5.08. The number of hydrogen-bond acceptors (Lipinski definition) is 4. The number of carbonyl (C=O) groups excluding carboxylic acids is 2. The minimum atomic E-state index is -0.399. The van der Waals surface area contributed by atoms with Crippen molar-refractivity contribution in [2.75, 3.05) is 26.8 Å². The molecule has 1 heterocycles. The molecular formula is C11H14BrN3O3. The summed E-state index contributed by atoms with van der Waals surface area (Å²) in [6.45, 7) is 0.759. The highest BCUT2D eigenvalue weighted by Gasteiger charge is 2.11. The van der Waals surface area contributed by atoms with Crippen LogP contribution in [0.25, 0.3) is 0 Å². The lowest BCUT2D eigenvalue weighted by molar-refractivity contribution is -0.120. The quantitative estimate of drug-likeness (QED) is 0.742. The molecule has 18 heavy (non-hydrogen) atoms. The first-order chi connectivity index (χ1) is 8.65. The zero-order valence-corrected chi connectivity index (χ0v) is 11.5. The number of hydrogen-bond donors (Lipinski definition) is 2. The number of ether oxygens (including phenoxy) is 1. The molecule has 0 aromatic carbocycles. The van der Waals surface area contributed by atoms with Crippen molar-refractivity contribution >= 4 is 27.7 Å². The predicted octanol–water partition coefficient (Wildman–Crippen LogP) is 0.337. The number of methoxy groups -OCH3 is 1. The molecule has 98 valence electrons. The van der Waals surface area contributed by atoms with E-state index in [1.54, 1.807) is 19.2 Å². The van der Waals surface area contributed by atoms with Crippen LogP contribution in [-0.2, 0) is 9.53 Å². The van der Waals surface area contributed by atoms with Crippen molar-refractivity contribution in [3.8, 4) is 0 Å². The van der Waals surface area contributed by atoms with E-state index in [1.807, 2.05) is 0 Å². The largest absolute Gasteiger partial charge is 0.383 e. The molecule has 0 saturated heterocycles. The first-order valence-corrected chi connectivity index (χ1v) is 6.08. The molecule has 7 heteroatoms. The highest BCUT2D eigenvalue weighted by atomic mass is 79.9. The molecule has 0 spiro atoms. The SMILES string of the molecule is COCCNC(=O)CNC(=O)c1ncccc1Br. The summed E-state index contributed by atoms with van der Waals surface area (Å²) < 4.78 is 5.37. The van der Waals surface area contributed by atoms with Gasteiger partial charge >= 0.3 is 0 Å². The van der Waals surface area contributed by atoms with Crippen LogP contribution in [-0.4, -0.2) is 43.6 Å². The van der Waals surface area contributed by atoms with Gasteiger partial charge in [0, 0.05) is 24.3 Å². The molecule has 2 amide bonds. The Balaban J connectivity index is 2.38. The van der Waals surface area contributed by atoms with Gasteiger partial charge in [-0.2, -0.15) is 0 Å². The highest BCUT2D eigenvalue weighted by Crippen LogP contribution is 2.12. The van der Waals surface area contributed by atoms with Crippen molar-refractivity contribution in [2.45, 2.75) is 0 Å². The van der Waals surface area contributed by atoms with Gasteiger partial charge in [0.2, 0.25) is 5.91 Å². The second-order valence-corrected chi connectivity index (χ2v) is 4.21. The molecule has 2 N–H and O–H groups in total. The summed E-state index contributed by atoms with van der Waals surface area (Å²) in [7, 11) is 1.55. The lowest BCUT2D eigenvalue weighted by Gasteiger charge is -2.06. The fourth-order valence-electron chi connectivity index (χ4n) is 1.15. The van der Waals surface area contributed by atoms with Crippen LogP contribution in [0.15, 0.2) is 22.8 Å². The van der Waals surface area contributed by atoms with Gasteiger partial charge in [-0.15, -0.1) is 0 Å². The zero-order valence-electron chi connectivity index (χ0n) is 9.90. The summed E-state index contributed by atoms with van der Waals surface area (Å²) in [5.41, 5.74) is 0.252. The van der Waals surface area contributed by atoms with Gasteiger partial charge in [-0.1, -0.05) is 0 Å². The monoisotopic (exact) mass is 315 g/mol. The summed E-state index contributed by atoms with van der Waals surface area (Å²) in [6.07, 6.45) is 1.51. The van der Waals surface area contributed by atoms with E-state index in [4.69, 9.17) is 4.74 Å². The highest BCUT2D eigenvalue weighted by molar-refractivity contribution is 9.10. The van der Waals surface area contributed by atoms with Crippen LogP contribution in [0, 0.1) is 0 Å². The Kier molecular flexibility index (Phi) is 6.31. The van der Waals surface area contributed by atoms with Gasteiger partial charge in [0.15, 0.2) is 0 Å². The molecule has 1 aromatic heterocycles. The number of aromatic nitrogens is 1. The molecular weight excluding hydrogens is 302 g/mol. The predicted molar refractivity (Wildman–Crippen MR) is 69.2 cm³/mol. The third-order valence-corrected chi connectivity index (χ3v) is 2.65. The second kappa shape index (κ2) is 7.78. The van der Waals surface area contributed by atoms with Crippen molar-refractivity contribution < 1.29 is 14.3 Å². The standard InChI is InChI=1S/C11H14BrN3O3/c1-18-6-5-13-9(16)7-15-11(17)10-8(12)3-2-4-14-10/h2-4H,5-7H2,1H3,(H,13,16)(H,15,17). The van der Waals surface area contributed by atoms with Gasteiger partial charge in [0.1, 0.15) is 5.69 Å². The average molecular weight is 316 g/mol. The third-order valence-electron chi connectivity index (χ3n) is 2.01. The van der Waals surface area contributed by atoms with Crippen molar-refractivity contribution in [3.05, 3.63) is 28.5 Å².